The molecule has 0 aromatic heterocycles. The van der Waals surface area contributed by atoms with Gasteiger partial charge in [0.2, 0.25) is 5.91 Å². The highest BCUT2D eigenvalue weighted by Crippen LogP contribution is 2.28. The van der Waals surface area contributed by atoms with Gasteiger partial charge in [-0.1, -0.05) is 12.1 Å². The van der Waals surface area contributed by atoms with Crippen LogP contribution < -0.4 is 5.73 Å². The summed E-state index contributed by atoms with van der Waals surface area (Å²) in [5.74, 6) is 0.943. The molecule has 1 aromatic carbocycles. The number of amides is 1. The van der Waals surface area contributed by atoms with Crippen molar-refractivity contribution in [1.29, 1.82) is 0 Å². The van der Waals surface area contributed by atoms with Gasteiger partial charge in [0.15, 0.2) is 0 Å². The quantitative estimate of drug-likeness (QED) is 0.584. The van der Waals surface area contributed by atoms with Crippen molar-refractivity contribution in [3.8, 4) is 0 Å². The first-order valence-corrected chi connectivity index (χ1v) is 7.31. The van der Waals surface area contributed by atoms with E-state index in [9.17, 15) is 4.79 Å². The van der Waals surface area contributed by atoms with Gasteiger partial charge in [-0.3, -0.25) is 4.79 Å². The number of nitrogens with zero attached hydrogens (tertiary/aromatic N) is 1. The van der Waals surface area contributed by atoms with Crippen molar-refractivity contribution >= 4 is 11.6 Å². The molecule has 0 aliphatic heterocycles. The Morgan fingerprint density at radius 1 is 1.35 bits per heavy atom. The lowest BCUT2D eigenvalue weighted by Gasteiger charge is -2.17. The molecule has 0 radical (unpaired) electrons. The molecule has 0 atom stereocenters. The summed E-state index contributed by atoms with van der Waals surface area (Å²) in [6, 6.07) is 7.69. The molecule has 1 aromatic rings. The second kappa shape index (κ2) is 7.29. The molecule has 4 nitrogen and oxygen atoms in total. The van der Waals surface area contributed by atoms with Crippen molar-refractivity contribution in [3.05, 3.63) is 29.8 Å². The molecule has 0 saturated heterocycles. The molecule has 1 amide bonds. The van der Waals surface area contributed by atoms with Crippen LogP contribution in [0.5, 0.6) is 0 Å². The number of aryl methyl sites for hydroxylation is 1. The first kappa shape index (κ1) is 14.9. The number of ether oxygens (including phenoxy) is 1. The normalized spacial score (nSPS) is 14.2. The molecular weight excluding hydrogens is 252 g/mol. The molecule has 1 aliphatic rings. The summed E-state index contributed by atoms with van der Waals surface area (Å²) in [6.07, 6.45) is 3.89. The predicted octanol–water partition coefficient (Wildman–Crippen LogP) is 2.09. The van der Waals surface area contributed by atoms with E-state index in [1.165, 1.54) is 12.8 Å². The van der Waals surface area contributed by atoms with E-state index in [0.29, 0.717) is 19.6 Å². The highest BCUT2D eigenvalue weighted by atomic mass is 16.5. The van der Waals surface area contributed by atoms with Crippen molar-refractivity contribution in [2.24, 2.45) is 5.92 Å². The van der Waals surface area contributed by atoms with E-state index in [-0.39, 0.29) is 5.91 Å². The summed E-state index contributed by atoms with van der Waals surface area (Å²) in [5, 5.41) is 0. The zero-order chi connectivity index (χ0) is 14.4. The van der Waals surface area contributed by atoms with E-state index >= 15 is 0 Å². The van der Waals surface area contributed by atoms with Gasteiger partial charge < -0.3 is 15.4 Å². The number of benzene rings is 1. The summed E-state index contributed by atoms with van der Waals surface area (Å²) in [4.78, 5) is 13.7. The third-order valence-electron chi connectivity index (χ3n) is 3.65. The minimum atomic E-state index is 0.164. The Morgan fingerprint density at radius 3 is 2.70 bits per heavy atom. The molecule has 4 heteroatoms. The number of rotatable bonds is 8. The van der Waals surface area contributed by atoms with Crippen LogP contribution in [0.1, 0.15) is 24.8 Å². The Labute approximate surface area is 120 Å². The first-order chi connectivity index (χ1) is 9.65. The molecule has 1 saturated carbocycles. The third kappa shape index (κ3) is 5.21. The van der Waals surface area contributed by atoms with Crippen molar-refractivity contribution in [2.75, 3.05) is 32.5 Å². The molecule has 1 aliphatic carbocycles. The van der Waals surface area contributed by atoms with Crippen LogP contribution in [0.2, 0.25) is 0 Å². The van der Waals surface area contributed by atoms with Crippen LogP contribution in [-0.2, 0) is 16.0 Å². The molecule has 20 heavy (non-hydrogen) atoms. The van der Waals surface area contributed by atoms with Gasteiger partial charge in [-0.2, -0.15) is 0 Å². The maximum atomic E-state index is 12.0. The van der Waals surface area contributed by atoms with E-state index < -0.39 is 0 Å². The number of nitrogens with two attached hydrogens (primary N) is 1. The fourth-order valence-electron chi connectivity index (χ4n) is 1.99. The van der Waals surface area contributed by atoms with Gasteiger partial charge in [0, 0.05) is 32.3 Å². The molecule has 0 unspecified atom stereocenters. The summed E-state index contributed by atoms with van der Waals surface area (Å²) in [6.45, 7) is 2.17. The second-order valence-corrected chi connectivity index (χ2v) is 5.58. The minimum Gasteiger partial charge on any atom is -0.399 e. The Hall–Kier alpha value is -1.55. The topological polar surface area (TPSA) is 55.6 Å². The Bertz CT molecular complexity index is 427. The summed E-state index contributed by atoms with van der Waals surface area (Å²) < 4.78 is 5.55. The van der Waals surface area contributed by atoms with Gasteiger partial charge in [0.25, 0.3) is 0 Å². The van der Waals surface area contributed by atoms with Crippen LogP contribution >= 0.6 is 0 Å². The molecular formula is C16H24N2O2. The van der Waals surface area contributed by atoms with Gasteiger partial charge in [-0.25, -0.2) is 0 Å². The lowest BCUT2D eigenvalue weighted by atomic mass is 10.1. The molecule has 110 valence electrons. The molecule has 2 rings (SSSR count). The van der Waals surface area contributed by atoms with Crippen molar-refractivity contribution in [3.63, 3.8) is 0 Å². The van der Waals surface area contributed by atoms with Crippen molar-refractivity contribution in [2.45, 2.75) is 25.7 Å². The standard InChI is InChI=1S/C16H24N2O2/c1-18(10-11-20-12-14-2-3-14)16(19)9-6-13-4-7-15(17)8-5-13/h4-5,7-8,14H,2-3,6,9-12,17H2,1H3. The largest absolute Gasteiger partial charge is 0.399 e. The number of likely N-dealkylation sites (N-methyl/N-ethyl adjacent to an activating group) is 1. The van der Waals surface area contributed by atoms with E-state index in [0.717, 1.165) is 30.2 Å². The van der Waals surface area contributed by atoms with Crippen LogP contribution in [-0.4, -0.2) is 37.6 Å². The lowest BCUT2D eigenvalue weighted by molar-refractivity contribution is -0.130. The second-order valence-electron chi connectivity index (χ2n) is 5.58. The Kier molecular flexibility index (Phi) is 5.41. The molecule has 0 bridgehead atoms. The fourth-order valence-corrected chi connectivity index (χ4v) is 1.99. The SMILES string of the molecule is CN(CCOCC1CC1)C(=O)CCc1ccc(N)cc1. The van der Waals surface area contributed by atoms with Crippen LogP contribution in [0.4, 0.5) is 5.69 Å². The third-order valence-corrected chi connectivity index (χ3v) is 3.65. The number of nitrogen functional groups attached to an aromatic ring is 1. The van der Waals surface area contributed by atoms with Crippen LogP contribution in [0.15, 0.2) is 24.3 Å². The van der Waals surface area contributed by atoms with Gasteiger partial charge in [0.1, 0.15) is 0 Å². The Balaban J connectivity index is 1.61. The highest BCUT2D eigenvalue weighted by Gasteiger charge is 2.21. The smallest absolute Gasteiger partial charge is 0.222 e. The average molecular weight is 276 g/mol. The highest BCUT2D eigenvalue weighted by molar-refractivity contribution is 5.76. The van der Waals surface area contributed by atoms with E-state index in [1.54, 1.807) is 4.90 Å². The average Bonchev–Trinajstić information content (AvgIpc) is 3.26. The van der Waals surface area contributed by atoms with E-state index in [1.807, 2.05) is 31.3 Å². The number of carbonyl (C=O) groups is 1. The number of hydrogen-bond donors (Lipinski definition) is 1. The molecule has 1 fully saturated rings. The van der Waals surface area contributed by atoms with Gasteiger partial charge in [0.05, 0.1) is 6.61 Å². The summed E-state index contributed by atoms with van der Waals surface area (Å²) in [5.41, 5.74) is 7.53. The zero-order valence-corrected chi connectivity index (χ0v) is 12.2. The van der Waals surface area contributed by atoms with Gasteiger partial charge >= 0.3 is 0 Å². The van der Waals surface area contributed by atoms with Crippen molar-refractivity contribution < 1.29 is 9.53 Å². The first-order valence-electron chi connectivity index (χ1n) is 7.31. The molecule has 0 spiro atoms. The predicted molar refractivity (Wildman–Crippen MR) is 80.4 cm³/mol. The van der Waals surface area contributed by atoms with Crippen LogP contribution in [0, 0.1) is 5.92 Å². The maximum absolute atomic E-state index is 12.0. The van der Waals surface area contributed by atoms with Crippen LogP contribution in [0.25, 0.3) is 0 Å². The van der Waals surface area contributed by atoms with Gasteiger partial charge in [-0.15, -0.1) is 0 Å². The molecule has 2 N–H and O–H groups in total. The van der Waals surface area contributed by atoms with Gasteiger partial charge in [-0.05, 0) is 42.9 Å². The van der Waals surface area contributed by atoms with Crippen molar-refractivity contribution in [1.82, 2.24) is 4.90 Å². The summed E-state index contributed by atoms with van der Waals surface area (Å²) >= 11 is 0. The number of anilines is 1. The van der Waals surface area contributed by atoms with E-state index in [2.05, 4.69) is 0 Å². The van der Waals surface area contributed by atoms with Crippen LogP contribution in [0.3, 0.4) is 0 Å². The Morgan fingerprint density at radius 2 is 2.05 bits per heavy atom. The monoisotopic (exact) mass is 276 g/mol. The van der Waals surface area contributed by atoms with E-state index in [4.69, 9.17) is 10.5 Å². The number of carbonyl (C=O) groups excluding carboxylic acids is 1. The maximum Gasteiger partial charge on any atom is 0.222 e. The zero-order valence-electron chi connectivity index (χ0n) is 12.2. The number of hydrogen-bond acceptors (Lipinski definition) is 3. The molecule has 0 heterocycles. The fraction of sp³-hybridized carbons (Fsp3) is 0.562. The lowest BCUT2D eigenvalue weighted by Crippen LogP contribution is -2.30. The minimum absolute atomic E-state index is 0.164. The summed E-state index contributed by atoms with van der Waals surface area (Å²) in [7, 11) is 1.84.